The van der Waals surface area contributed by atoms with E-state index in [2.05, 4.69) is 10.3 Å². The van der Waals surface area contributed by atoms with E-state index in [0.717, 1.165) is 0 Å². The van der Waals surface area contributed by atoms with Gasteiger partial charge in [-0.05, 0) is 39.8 Å². The lowest BCUT2D eigenvalue weighted by Gasteiger charge is -2.19. The van der Waals surface area contributed by atoms with Crippen molar-refractivity contribution >= 4 is 11.9 Å². The van der Waals surface area contributed by atoms with Gasteiger partial charge in [-0.15, -0.1) is 0 Å². The number of nitrogens with zero attached hydrogens (tertiary/aromatic N) is 1. The highest BCUT2D eigenvalue weighted by Crippen LogP contribution is 2.07. The Morgan fingerprint density at radius 1 is 1.39 bits per heavy atom. The summed E-state index contributed by atoms with van der Waals surface area (Å²) in [5.41, 5.74) is 0.665. The highest BCUT2D eigenvalue weighted by Gasteiger charge is 2.15. The van der Waals surface area contributed by atoms with Gasteiger partial charge in [0.15, 0.2) is 5.78 Å². The molecule has 1 N–H and O–H groups in total. The zero-order valence-corrected chi connectivity index (χ0v) is 11.1. The van der Waals surface area contributed by atoms with Crippen molar-refractivity contribution in [2.24, 2.45) is 0 Å². The van der Waals surface area contributed by atoms with Crippen molar-refractivity contribution in [3.63, 3.8) is 0 Å². The van der Waals surface area contributed by atoms with Crippen LogP contribution in [0.5, 0.6) is 0 Å². The van der Waals surface area contributed by atoms with E-state index in [-0.39, 0.29) is 12.3 Å². The van der Waals surface area contributed by atoms with Crippen LogP contribution in [0.1, 0.15) is 43.7 Å². The lowest BCUT2D eigenvalue weighted by Crippen LogP contribution is -2.32. The highest BCUT2D eigenvalue weighted by molar-refractivity contribution is 5.94. The zero-order valence-electron chi connectivity index (χ0n) is 11.1. The molecule has 0 spiro atoms. The van der Waals surface area contributed by atoms with Crippen LogP contribution in [0.4, 0.5) is 4.79 Å². The highest BCUT2D eigenvalue weighted by atomic mass is 16.6. The first-order valence-electron chi connectivity index (χ1n) is 5.70. The summed E-state index contributed by atoms with van der Waals surface area (Å²) in [5, 5.41) is 2.59. The first-order chi connectivity index (χ1) is 8.28. The molecule has 5 heteroatoms. The van der Waals surface area contributed by atoms with Gasteiger partial charge in [-0.3, -0.25) is 9.78 Å². The minimum atomic E-state index is -0.529. The molecule has 0 atom stereocenters. The molecule has 0 radical (unpaired) electrons. The summed E-state index contributed by atoms with van der Waals surface area (Å²) in [6.07, 6.45) is 1.04. The smallest absolute Gasteiger partial charge is 0.407 e. The third kappa shape index (κ3) is 4.95. The van der Waals surface area contributed by atoms with Crippen LogP contribution in [-0.2, 0) is 11.3 Å². The molecule has 98 valence electrons. The van der Waals surface area contributed by atoms with Crippen molar-refractivity contribution in [3.8, 4) is 0 Å². The van der Waals surface area contributed by atoms with Gasteiger partial charge in [-0.25, -0.2) is 4.79 Å². The zero-order chi connectivity index (χ0) is 13.8. The number of hydrogen-bond acceptors (Lipinski definition) is 4. The summed E-state index contributed by atoms with van der Waals surface area (Å²) in [6.45, 7) is 7.10. The number of aromatic nitrogens is 1. The van der Waals surface area contributed by atoms with E-state index >= 15 is 0 Å². The standard InChI is InChI=1S/C13H18N2O3/c1-9(16)10-5-6-14-11(7-10)8-15-12(17)18-13(2,3)4/h5-7H,8H2,1-4H3,(H,15,17). The van der Waals surface area contributed by atoms with E-state index in [1.807, 2.05) is 0 Å². The molecule has 0 bridgehead atoms. The fourth-order valence-corrected chi connectivity index (χ4v) is 1.27. The number of Topliss-reactive ketones (excluding diaryl/α,β-unsaturated/α-hetero) is 1. The Labute approximate surface area is 107 Å². The van der Waals surface area contributed by atoms with E-state index in [0.29, 0.717) is 11.3 Å². The second-order valence-corrected chi connectivity index (χ2v) is 4.95. The van der Waals surface area contributed by atoms with Crippen LogP contribution in [0.15, 0.2) is 18.3 Å². The normalized spacial score (nSPS) is 10.9. The predicted octanol–water partition coefficient (Wildman–Crippen LogP) is 2.31. The molecule has 0 saturated heterocycles. The van der Waals surface area contributed by atoms with Crippen LogP contribution in [0.3, 0.4) is 0 Å². The number of ketones is 1. The summed E-state index contributed by atoms with van der Waals surface area (Å²) in [5.74, 6) is -0.0316. The minimum absolute atomic E-state index is 0.0316. The van der Waals surface area contributed by atoms with Crippen molar-refractivity contribution in [3.05, 3.63) is 29.6 Å². The molecule has 1 aromatic rings. The fraction of sp³-hybridized carbons (Fsp3) is 0.462. The maximum Gasteiger partial charge on any atom is 0.407 e. The monoisotopic (exact) mass is 250 g/mol. The van der Waals surface area contributed by atoms with Gasteiger partial charge in [0, 0.05) is 11.8 Å². The molecule has 1 aromatic heterocycles. The molecule has 0 saturated carbocycles. The average molecular weight is 250 g/mol. The quantitative estimate of drug-likeness (QED) is 0.836. The van der Waals surface area contributed by atoms with E-state index < -0.39 is 11.7 Å². The van der Waals surface area contributed by atoms with Gasteiger partial charge < -0.3 is 10.1 Å². The first kappa shape index (κ1) is 14.2. The summed E-state index contributed by atoms with van der Waals surface area (Å²) in [6, 6.07) is 3.29. The van der Waals surface area contributed by atoms with Crippen molar-refractivity contribution < 1.29 is 14.3 Å². The second-order valence-electron chi connectivity index (χ2n) is 4.95. The molecule has 0 aliphatic carbocycles. The molecule has 0 aromatic carbocycles. The van der Waals surface area contributed by atoms with Crippen LogP contribution in [0.2, 0.25) is 0 Å². The Morgan fingerprint density at radius 2 is 2.06 bits per heavy atom. The Morgan fingerprint density at radius 3 is 2.61 bits per heavy atom. The number of hydrogen-bond donors (Lipinski definition) is 1. The van der Waals surface area contributed by atoms with Gasteiger partial charge in [0.25, 0.3) is 0 Å². The molecule has 0 aliphatic rings. The Balaban J connectivity index is 2.56. The third-order valence-corrected chi connectivity index (χ3v) is 2.04. The van der Waals surface area contributed by atoms with Crippen LogP contribution < -0.4 is 5.32 Å². The second kappa shape index (κ2) is 5.62. The molecular formula is C13H18N2O3. The van der Waals surface area contributed by atoms with Crippen molar-refractivity contribution in [1.29, 1.82) is 0 Å². The number of carbonyl (C=O) groups excluding carboxylic acids is 2. The molecule has 0 unspecified atom stereocenters. The molecule has 5 nitrogen and oxygen atoms in total. The number of ether oxygens (including phenoxy) is 1. The molecule has 18 heavy (non-hydrogen) atoms. The lowest BCUT2D eigenvalue weighted by atomic mass is 10.1. The molecule has 1 heterocycles. The molecule has 1 rings (SSSR count). The van der Waals surface area contributed by atoms with Crippen LogP contribution in [-0.4, -0.2) is 22.5 Å². The van der Waals surface area contributed by atoms with Crippen molar-refractivity contribution in [2.45, 2.75) is 39.8 Å². The number of alkyl carbamates (subject to hydrolysis) is 1. The van der Waals surface area contributed by atoms with Crippen molar-refractivity contribution in [1.82, 2.24) is 10.3 Å². The number of pyridine rings is 1. The van der Waals surface area contributed by atoms with E-state index in [4.69, 9.17) is 4.74 Å². The summed E-state index contributed by atoms with van der Waals surface area (Å²) < 4.78 is 5.09. The number of rotatable bonds is 3. The summed E-state index contributed by atoms with van der Waals surface area (Å²) >= 11 is 0. The third-order valence-electron chi connectivity index (χ3n) is 2.04. The molecule has 0 aliphatic heterocycles. The topological polar surface area (TPSA) is 68.3 Å². The van der Waals surface area contributed by atoms with Gasteiger partial charge in [0.2, 0.25) is 0 Å². The van der Waals surface area contributed by atoms with Gasteiger partial charge in [-0.1, -0.05) is 0 Å². The number of amides is 1. The Kier molecular flexibility index (Phi) is 4.42. The van der Waals surface area contributed by atoms with Crippen LogP contribution in [0.25, 0.3) is 0 Å². The lowest BCUT2D eigenvalue weighted by molar-refractivity contribution is 0.0523. The first-order valence-corrected chi connectivity index (χ1v) is 5.70. The molecular weight excluding hydrogens is 232 g/mol. The van der Waals surface area contributed by atoms with E-state index in [1.54, 1.807) is 39.1 Å². The Hall–Kier alpha value is -1.91. The average Bonchev–Trinajstić information content (AvgIpc) is 2.24. The van der Waals surface area contributed by atoms with Gasteiger partial charge in [0.1, 0.15) is 5.60 Å². The SMILES string of the molecule is CC(=O)c1ccnc(CNC(=O)OC(C)(C)C)c1. The summed E-state index contributed by atoms with van der Waals surface area (Å²) in [4.78, 5) is 26.7. The molecule has 1 amide bonds. The van der Waals surface area contributed by atoms with Crippen LogP contribution in [0, 0.1) is 0 Å². The number of carbonyl (C=O) groups is 2. The van der Waals surface area contributed by atoms with E-state index in [1.165, 1.54) is 6.92 Å². The maximum absolute atomic E-state index is 11.4. The fourth-order valence-electron chi connectivity index (χ4n) is 1.27. The van der Waals surface area contributed by atoms with Gasteiger partial charge in [-0.2, -0.15) is 0 Å². The van der Waals surface area contributed by atoms with Crippen molar-refractivity contribution in [2.75, 3.05) is 0 Å². The van der Waals surface area contributed by atoms with Gasteiger partial charge >= 0.3 is 6.09 Å². The maximum atomic E-state index is 11.4. The largest absolute Gasteiger partial charge is 0.444 e. The van der Waals surface area contributed by atoms with Crippen LogP contribution >= 0.6 is 0 Å². The Bertz CT molecular complexity index is 450. The van der Waals surface area contributed by atoms with E-state index in [9.17, 15) is 9.59 Å². The van der Waals surface area contributed by atoms with Gasteiger partial charge in [0.05, 0.1) is 12.2 Å². The minimum Gasteiger partial charge on any atom is -0.444 e. The molecule has 0 fully saturated rings. The summed E-state index contributed by atoms with van der Waals surface area (Å²) in [7, 11) is 0. The number of nitrogens with one attached hydrogen (secondary N) is 1. The predicted molar refractivity (Wildman–Crippen MR) is 67.3 cm³/mol.